The van der Waals surface area contributed by atoms with Crippen LogP contribution >= 0.6 is 11.6 Å². The summed E-state index contributed by atoms with van der Waals surface area (Å²) in [5.41, 5.74) is 0.444. The first-order valence-corrected chi connectivity index (χ1v) is 6.42. The fraction of sp³-hybridized carbons (Fsp3) is 0.0714. The molecule has 3 rings (SSSR count). The van der Waals surface area contributed by atoms with E-state index in [0.29, 0.717) is 0 Å². The average molecular weight is 328 g/mol. The Hall–Kier alpha value is -2.54. The molecule has 0 bridgehead atoms. The molecule has 8 heteroatoms. The van der Waals surface area contributed by atoms with Gasteiger partial charge in [-0.2, -0.15) is 0 Å². The van der Waals surface area contributed by atoms with Gasteiger partial charge in [-0.1, -0.05) is 11.6 Å². The van der Waals surface area contributed by atoms with Gasteiger partial charge in [0, 0.05) is 17.3 Å². The fourth-order valence-corrected chi connectivity index (χ4v) is 2.06. The minimum atomic E-state index is -3.71. The third kappa shape index (κ3) is 2.75. The zero-order valence-electron chi connectivity index (χ0n) is 10.8. The minimum absolute atomic E-state index is 0.0259. The van der Waals surface area contributed by atoms with Crippen LogP contribution in [-0.4, -0.2) is 17.3 Å². The van der Waals surface area contributed by atoms with E-state index in [1.54, 1.807) is 0 Å². The van der Waals surface area contributed by atoms with Crippen LogP contribution in [-0.2, 0) is 0 Å². The number of halogens is 3. The van der Waals surface area contributed by atoms with Crippen molar-refractivity contribution in [3.8, 4) is 17.2 Å². The molecule has 0 fully saturated rings. The minimum Gasteiger partial charge on any atom is -0.506 e. The number of rotatable bonds is 2. The maximum atomic E-state index is 12.9. The third-order valence-corrected chi connectivity index (χ3v) is 3.17. The molecule has 0 radical (unpaired) electrons. The molecule has 5 nitrogen and oxygen atoms in total. The molecule has 1 heterocycles. The lowest BCUT2D eigenvalue weighted by Gasteiger charge is -2.07. The first-order valence-electron chi connectivity index (χ1n) is 6.04. The molecule has 1 aliphatic heterocycles. The number of ether oxygens (including phenoxy) is 2. The van der Waals surface area contributed by atoms with Gasteiger partial charge in [-0.25, -0.2) is 0 Å². The fourth-order valence-electron chi connectivity index (χ4n) is 1.88. The molecule has 0 saturated carbocycles. The molecule has 1 aliphatic rings. The smallest absolute Gasteiger partial charge is 0.506 e. The summed E-state index contributed by atoms with van der Waals surface area (Å²) in [4.78, 5) is 12.0. The number of alkyl halides is 2. The Labute approximate surface area is 128 Å². The van der Waals surface area contributed by atoms with E-state index in [2.05, 4.69) is 14.8 Å². The number of carbonyl (C=O) groups excluding carboxylic acids is 1. The molecule has 114 valence electrons. The highest BCUT2D eigenvalue weighted by Crippen LogP contribution is 2.42. The number of phenolic OH excluding ortho intramolecular Hbond substituents is 1. The van der Waals surface area contributed by atoms with E-state index in [4.69, 9.17) is 11.6 Å². The quantitative estimate of drug-likeness (QED) is 0.884. The van der Waals surface area contributed by atoms with Crippen molar-refractivity contribution in [1.29, 1.82) is 0 Å². The predicted octanol–water partition coefficient (Wildman–Crippen LogP) is 3.62. The van der Waals surface area contributed by atoms with Crippen molar-refractivity contribution in [3.05, 3.63) is 47.0 Å². The van der Waals surface area contributed by atoms with E-state index >= 15 is 0 Å². The summed E-state index contributed by atoms with van der Waals surface area (Å²) in [5.74, 6) is -0.960. The van der Waals surface area contributed by atoms with Gasteiger partial charge in [-0.15, -0.1) is 8.78 Å². The number of fused-ring (bicyclic) bond motifs is 1. The van der Waals surface area contributed by atoms with E-state index in [9.17, 15) is 18.7 Å². The van der Waals surface area contributed by atoms with E-state index in [1.165, 1.54) is 36.4 Å². The van der Waals surface area contributed by atoms with Crippen LogP contribution in [0.15, 0.2) is 36.4 Å². The number of aromatic hydroxyl groups is 1. The summed E-state index contributed by atoms with van der Waals surface area (Å²) in [7, 11) is 0. The first-order chi connectivity index (χ1) is 10.3. The predicted molar refractivity (Wildman–Crippen MR) is 73.7 cm³/mol. The Balaban J connectivity index is 1.79. The SMILES string of the molecule is O=C(Nc1ccc2c(c1)OC(F)(F)O2)c1ccc(O)c(Cl)c1. The Morgan fingerprint density at radius 3 is 2.59 bits per heavy atom. The van der Waals surface area contributed by atoms with Crippen molar-refractivity contribution in [2.45, 2.75) is 6.29 Å². The Kier molecular flexibility index (Phi) is 3.29. The maximum absolute atomic E-state index is 12.9. The summed E-state index contributed by atoms with van der Waals surface area (Å²) in [6.07, 6.45) is -3.71. The number of anilines is 1. The molecular weight excluding hydrogens is 320 g/mol. The highest BCUT2D eigenvalue weighted by atomic mass is 35.5. The van der Waals surface area contributed by atoms with Crippen LogP contribution in [0.1, 0.15) is 10.4 Å². The normalized spacial score (nSPS) is 14.7. The van der Waals surface area contributed by atoms with Gasteiger partial charge in [-0.05, 0) is 30.3 Å². The maximum Gasteiger partial charge on any atom is 0.586 e. The largest absolute Gasteiger partial charge is 0.586 e. The molecular formula is C14H8ClF2NO4. The zero-order chi connectivity index (χ0) is 15.9. The monoisotopic (exact) mass is 327 g/mol. The average Bonchev–Trinajstić information content (AvgIpc) is 2.75. The van der Waals surface area contributed by atoms with Gasteiger partial charge in [0.2, 0.25) is 0 Å². The van der Waals surface area contributed by atoms with Crippen LogP contribution in [0, 0.1) is 0 Å². The number of amides is 1. The second-order valence-corrected chi connectivity index (χ2v) is 4.86. The van der Waals surface area contributed by atoms with Gasteiger partial charge in [0.25, 0.3) is 5.91 Å². The molecule has 2 N–H and O–H groups in total. The van der Waals surface area contributed by atoms with Crippen molar-refractivity contribution in [1.82, 2.24) is 0 Å². The second kappa shape index (κ2) is 5.03. The van der Waals surface area contributed by atoms with Crippen LogP contribution in [0.2, 0.25) is 5.02 Å². The number of carbonyl (C=O) groups is 1. The van der Waals surface area contributed by atoms with E-state index in [0.717, 1.165) is 0 Å². The second-order valence-electron chi connectivity index (χ2n) is 4.45. The molecule has 0 aromatic heterocycles. The Bertz CT molecular complexity index is 767. The molecule has 0 spiro atoms. The highest BCUT2D eigenvalue weighted by molar-refractivity contribution is 6.32. The summed E-state index contributed by atoms with van der Waals surface area (Å²) in [5, 5.41) is 11.8. The van der Waals surface area contributed by atoms with Gasteiger partial charge in [0.15, 0.2) is 11.5 Å². The Morgan fingerprint density at radius 1 is 1.14 bits per heavy atom. The van der Waals surface area contributed by atoms with Crippen molar-refractivity contribution < 1.29 is 28.2 Å². The summed E-state index contributed by atoms with van der Waals surface area (Å²) in [6, 6.07) is 7.80. The van der Waals surface area contributed by atoms with Gasteiger partial charge >= 0.3 is 6.29 Å². The lowest BCUT2D eigenvalue weighted by Crippen LogP contribution is -2.25. The van der Waals surface area contributed by atoms with Crippen LogP contribution in [0.5, 0.6) is 17.2 Å². The highest BCUT2D eigenvalue weighted by Gasteiger charge is 2.43. The molecule has 0 saturated heterocycles. The Morgan fingerprint density at radius 2 is 1.86 bits per heavy atom. The van der Waals surface area contributed by atoms with Gasteiger partial charge in [-0.3, -0.25) is 4.79 Å². The molecule has 0 unspecified atom stereocenters. The van der Waals surface area contributed by atoms with Gasteiger partial charge in [0.1, 0.15) is 5.75 Å². The van der Waals surface area contributed by atoms with Crippen LogP contribution < -0.4 is 14.8 Å². The molecule has 22 heavy (non-hydrogen) atoms. The van der Waals surface area contributed by atoms with E-state index < -0.39 is 12.2 Å². The number of nitrogens with one attached hydrogen (secondary N) is 1. The van der Waals surface area contributed by atoms with Crippen molar-refractivity contribution in [2.75, 3.05) is 5.32 Å². The summed E-state index contributed by atoms with van der Waals surface area (Å²) < 4.78 is 34.4. The van der Waals surface area contributed by atoms with Crippen molar-refractivity contribution >= 4 is 23.2 Å². The van der Waals surface area contributed by atoms with E-state index in [-0.39, 0.29) is 33.5 Å². The lowest BCUT2D eigenvalue weighted by molar-refractivity contribution is -0.286. The number of hydrogen-bond donors (Lipinski definition) is 2. The molecule has 2 aromatic rings. The first kappa shape index (κ1) is 14.4. The molecule has 0 atom stereocenters. The van der Waals surface area contributed by atoms with Crippen LogP contribution in [0.4, 0.5) is 14.5 Å². The zero-order valence-corrected chi connectivity index (χ0v) is 11.5. The topological polar surface area (TPSA) is 67.8 Å². The van der Waals surface area contributed by atoms with Gasteiger partial charge in [0.05, 0.1) is 5.02 Å². The summed E-state index contributed by atoms with van der Waals surface area (Å²) in [6.45, 7) is 0. The van der Waals surface area contributed by atoms with Gasteiger partial charge < -0.3 is 19.9 Å². The van der Waals surface area contributed by atoms with Crippen molar-refractivity contribution in [2.24, 2.45) is 0 Å². The molecule has 1 amide bonds. The molecule has 0 aliphatic carbocycles. The number of benzene rings is 2. The summed E-state index contributed by atoms with van der Waals surface area (Å²) >= 11 is 5.72. The van der Waals surface area contributed by atoms with Crippen molar-refractivity contribution in [3.63, 3.8) is 0 Å². The molecule has 2 aromatic carbocycles. The standard InChI is InChI=1S/C14H8ClF2NO4/c15-9-5-7(1-3-10(9)19)13(20)18-8-2-4-11-12(6-8)22-14(16,17)21-11/h1-6,19H,(H,18,20). The number of phenols is 1. The lowest BCUT2D eigenvalue weighted by atomic mass is 10.2. The third-order valence-electron chi connectivity index (χ3n) is 2.87. The van der Waals surface area contributed by atoms with Crippen LogP contribution in [0.3, 0.4) is 0 Å². The number of hydrogen-bond acceptors (Lipinski definition) is 4. The van der Waals surface area contributed by atoms with Crippen LogP contribution in [0.25, 0.3) is 0 Å². The van der Waals surface area contributed by atoms with E-state index in [1.807, 2.05) is 0 Å².